The zero-order valence-electron chi connectivity index (χ0n) is 20.3. The minimum absolute atomic E-state index is 0.170. The first-order valence-corrected chi connectivity index (χ1v) is 10.9. The molecule has 16 heteroatoms. The third-order valence-electron chi connectivity index (χ3n) is 4.75. The van der Waals surface area contributed by atoms with Gasteiger partial charge in [-0.05, 0) is 12.3 Å². The molecular formula is C21H30N4O12. The largest absolute Gasteiger partial charge is 0.481 e. The highest BCUT2D eigenvalue weighted by molar-refractivity contribution is 6.28. The molecule has 0 aromatic carbocycles. The Balaban J connectivity index is 5.81. The number of carbonyl (C=O) groups excluding carboxylic acids is 6. The number of amides is 4. The third kappa shape index (κ3) is 12.8. The molecule has 0 aromatic heterocycles. The Morgan fingerprint density at radius 3 is 1.59 bits per heavy atom. The molecule has 0 unspecified atom stereocenters. The van der Waals surface area contributed by atoms with Gasteiger partial charge in [0.2, 0.25) is 29.4 Å². The molecular weight excluding hydrogens is 500 g/mol. The summed E-state index contributed by atoms with van der Waals surface area (Å²) in [4.78, 5) is 105. The Morgan fingerprint density at radius 2 is 1.16 bits per heavy atom. The van der Waals surface area contributed by atoms with Crippen molar-refractivity contribution >= 4 is 53.6 Å². The molecule has 0 fully saturated rings. The van der Waals surface area contributed by atoms with Crippen molar-refractivity contribution in [3.8, 4) is 0 Å². The molecule has 0 aliphatic rings. The second-order valence-corrected chi connectivity index (χ2v) is 8.25. The fraction of sp³-hybridized carbons (Fsp3) is 0.571. The lowest BCUT2D eigenvalue weighted by Gasteiger charge is -2.27. The minimum atomic E-state index is -1.71. The van der Waals surface area contributed by atoms with Gasteiger partial charge in [0, 0.05) is 13.3 Å². The van der Waals surface area contributed by atoms with Crippen LogP contribution in [0, 0.1) is 5.92 Å². The summed E-state index contributed by atoms with van der Waals surface area (Å²) in [5, 5.41) is 35.5. The van der Waals surface area contributed by atoms with Crippen molar-refractivity contribution in [2.45, 2.75) is 70.6 Å². The van der Waals surface area contributed by atoms with E-state index in [4.69, 9.17) is 15.3 Å². The van der Waals surface area contributed by atoms with Crippen molar-refractivity contribution in [1.29, 1.82) is 0 Å². The van der Waals surface area contributed by atoms with Crippen molar-refractivity contribution in [2.75, 3.05) is 0 Å². The number of hydrogen-bond acceptors (Lipinski definition) is 9. The van der Waals surface area contributed by atoms with Crippen molar-refractivity contribution in [3.05, 3.63) is 0 Å². The van der Waals surface area contributed by atoms with Crippen molar-refractivity contribution < 1.29 is 58.5 Å². The number of Topliss-reactive ketones (excluding diaryl/α,β-unsaturated/α-hetero) is 1. The van der Waals surface area contributed by atoms with E-state index in [9.17, 15) is 43.2 Å². The van der Waals surface area contributed by atoms with Crippen LogP contribution >= 0.6 is 0 Å². The highest BCUT2D eigenvalue weighted by atomic mass is 16.4. The molecule has 0 heterocycles. The van der Waals surface area contributed by atoms with Gasteiger partial charge in [0.15, 0.2) is 6.29 Å². The number of rotatable bonds is 17. The lowest BCUT2D eigenvalue weighted by Crippen LogP contribution is -2.59. The summed E-state index contributed by atoms with van der Waals surface area (Å²) in [6.45, 7) is 3.97. The predicted molar refractivity (Wildman–Crippen MR) is 121 cm³/mol. The van der Waals surface area contributed by atoms with Gasteiger partial charge in [-0.25, -0.2) is 0 Å². The molecule has 16 nitrogen and oxygen atoms in total. The van der Waals surface area contributed by atoms with Gasteiger partial charge < -0.3 is 36.6 Å². The normalized spacial score (nSPS) is 13.7. The molecule has 0 spiro atoms. The Kier molecular flexibility index (Phi) is 13.7. The second kappa shape index (κ2) is 15.6. The number of carboxylic acid groups (broad SMARTS) is 3. The molecule has 0 aliphatic heterocycles. The molecule has 0 saturated carbocycles. The molecule has 4 amide bonds. The molecule has 0 rings (SSSR count). The van der Waals surface area contributed by atoms with E-state index in [2.05, 4.69) is 21.3 Å². The summed E-state index contributed by atoms with van der Waals surface area (Å²) in [5.41, 5.74) is 0. The van der Waals surface area contributed by atoms with Crippen LogP contribution in [0.25, 0.3) is 0 Å². The van der Waals surface area contributed by atoms with Gasteiger partial charge in [0.05, 0.1) is 12.8 Å². The van der Waals surface area contributed by atoms with Crippen molar-refractivity contribution in [1.82, 2.24) is 21.3 Å². The third-order valence-corrected chi connectivity index (χ3v) is 4.75. The first-order chi connectivity index (χ1) is 17.1. The zero-order chi connectivity index (χ0) is 28.9. The van der Waals surface area contributed by atoms with Crippen LogP contribution in [0.5, 0.6) is 0 Å². The first kappa shape index (κ1) is 32.6. The molecule has 0 bridgehead atoms. The topological polar surface area (TPSA) is 262 Å². The number of carboxylic acids is 3. The van der Waals surface area contributed by atoms with Crippen LogP contribution in [0.2, 0.25) is 0 Å². The van der Waals surface area contributed by atoms with Crippen LogP contribution in [-0.2, 0) is 43.2 Å². The molecule has 0 aromatic rings. The summed E-state index contributed by atoms with van der Waals surface area (Å²) in [5.74, 6) is -10.1. The molecule has 0 saturated heterocycles. The van der Waals surface area contributed by atoms with Gasteiger partial charge in [0.25, 0.3) is 0 Å². The number of ketones is 1. The summed E-state index contributed by atoms with van der Waals surface area (Å²) in [6.07, 6.45) is -3.02. The first-order valence-electron chi connectivity index (χ1n) is 10.9. The number of aliphatic carboxylic acids is 3. The summed E-state index contributed by atoms with van der Waals surface area (Å²) < 4.78 is 0. The second-order valence-electron chi connectivity index (χ2n) is 8.25. The van der Waals surface area contributed by atoms with Crippen molar-refractivity contribution in [2.24, 2.45) is 5.92 Å². The van der Waals surface area contributed by atoms with E-state index < -0.39 is 103 Å². The van der Waals surface area contributed by atoms with Gasteiger partial charge in [-0.1, -0.05) is 13.8 Å². The van der Waals surface area contributed by atoms with E-state index >= 15 is 0 Å². The maximum atomic E-state index is 12.9. The summed E-state index contributed by atoms with van der Waals surface area (Å²) in [7, 11) is 0. The highest BCUT2D eigenvalue weighted by Crippen LogP contribution is 2.07. The Labute approximate surface area is 210 Å². The Hall–Kier alpha value is -4.37. The lowest BCUT2D eigenvalue weighted by molar-refractivity contribution is -0.142. The highest BCUT2D eigenvalue weighted by Gasteiger charge is 2.33. The van der Waals surface area contributed by atoms with Crippen LogP contribution < -0.4 is 21.3 Å². The SMILES string of the molecule is CC(=O)N[C@@H](CC(=O)O)C(=O)N[C@@H](CCC(=O)O)C(=O)N[C@H](C(=O)N[C@@H](CC(=O)O)C(=O)C=O)C(C)C. The van der Waals surface area contributed by atoms with Gasteiger partial charge in [0.1, 0.15) is 24.2 Å². The Bertz CT molecular complexity index is 916. The van der Waals surface area contributed by atoms with Crippen LogP contribution in [-0.4, -0.2) is 93.1 Å². The number of nitrogens with one attached hydrogen (secondary N) is 4. The van der Waals surface area contributed by atoms with Crippen molar-refractivity contribution in [3.63, 3.8) is 0 Å². The number of aldehydes is 1. The van der Waals surface area contributed by atoms with Crippen LogP contribution in [0.15, 0.2) is 0 Å². The molecule has 206 valence electrons. The standard InChI is InChI=1S/C21H30N4O12/c1-9(2)18(21(37)24-12(6-16(31)32)14(28)8-26)25-19(35)11(4-5-15(29)30)23-20(36)13(7-17(33)34)22-10(3)27/h8-9,11-13,18H,4-7H2,1-3H3,(H,22,27)(H,23,36)(H,24,37)(H,25,35)(H,29,30)(H,31,32)(H,33,34)/t11-,12-,13-,18-/m0/s1. The fourth-order valence-electron chi connectivity index (χ4n) is 2.97. The van der Waals surface area contributed by atoms with Gasteiger partial charge in [-0.15, -0.1) is 0 Å². The van der Waals surface area contributed by atoms with E-state index in [-0.39, 0.29) is 6.29 Å². The quantitative estimate of drug-likeness (QED) is 0.0742. The van der Waals surface area contributed by atoms with E-state index in [1.165, 1.54) is 13.8 Å². The molecule has 0 radical (unpaired) electrons. The molecule has 7 N–H and O–H groups in total. The minimum Gasteiger partial charge on any atom is -0.481 e. The van der Waals surface area contributed by atoms with Gasteiger partial charge in [-0.2, -0.15) is 0 Å². The fourth-order valence-corrected chi connectivity index (χ4v) is 2.97. The van der Waals surface area contributed by atoms with E-state index in [1.807, 2.05) is 0 Å². The van der Waals surface area contributed by atoms with Gasteiger partial charge in [-0.3, -0.25) is 43.2 Å². The average molecular weight is 530 g/mol. The zero-order valence-corrected chi connectivity index (χ0v) is 20.3. The van der Waals surface area contributed by atoms with Crippen LogP contribution in [0.3, 0.4) is 0 Å². The maximum Gasteiger partial charge on any atom is 0.305 e. The van der Waals surface area contributed by atoms with E-state index in [1.54, 1.807) is 0 Å². The smallest absolute Gasteiger partial charge is 0.305 e. The lowest BCUT2D eigenvalue weighted by atomic mass is 10.0. The number of hydrogen-bond donors (Lipinski definition) is 7. The van der Waals surface area contributed by atoms with E-state index in [0.717, 1.165) is 6.92 Å². The van der Waals surface area contributed by atoms with E-state index in [0.29, 0.717) is 0 Å². The number of carbonyl (C=O) groups is 9. The monoisotopic (exact) mass is 530 g/mol. The molecule has 37 heavy (non-hydrogen) atoms. The average Bonchev–Trinajstić information content (AvgIpc) is 2.76. The summed E-state index contributed by atoms with van der Waals surface area (Å²) >= 11 is 0. The molecule has 4 atom stereocenters. The van der Waals surface area contributed by atoms with Crippen LogP contribution in [0.4, 0.5) is 0 Å². The van der Waals surface area contributed by atoms with Gasteiger partial charge >= 0.3 is 17.9 Å². The predicted octanol–water partition coefficient (Wildman–Crippen LogP) is -2.82. The Morgan fingerprint density at radius 1 is 0.676 bits per heavy atom. The maximum absolute atomic E-state index is 12.9. The van der Waals surface area contributed by atoms with Crippen LogP contribution in [0.1, 0.15) is 46.5 Å². The summed E-state index contributed by atoms with van der Waals surface area (Å²) in [6, 6.07) is -6.31. The molecule has 0 aliphatic carbocycles.